The van der Waals surface area contributed by atoms with Gasteiger partial charge in [-0.05, 0) is 106 Å². The summed E-state index contributed by atoms with van der Waals surface area (Å²) in [5.41, 5.74) is 2.96. The van der Waals surface area contributed by atoms with Crippen molar-refractivity contribution >= 4 is 18.0 Å². The number of aryl methyl sites for hydroxylation is 1. The Bertz CT molecular complexity index is 1360. The number of amides is 1. The van der Waals surface area contributed by atoms with E-state index in [1.807, 2.05) is 6.07 Å². The number of rotatable bonds is 47. The van der Waals surface area contributed by atoms with Gasteiger partial charge in [0.25, 0.3) is 0 Å². The largest absolute Gasteiger partial charge is 0.461 e. The zero-order valence-corrected chi connectivity index (χ0v) is 45.2. The molecule has 0 aromatic heterocycles. The third kappa shape index (κ3) is 35.1. The van der Waals surface area contributed by atoms with Gasteiger partial charge >= 0.3 is 18.0 Å². The fourth-order valence-corrected chi connectivity index (χ4v) is 9.44. The van der Waals surface area contributed by atoms with Crippen LogP contribution in [0.4, 0.5) is 4.79 Å². The summed E-state index contributed by atoms with van der Waals surface area (Å²) in [6, 6.07) is 6.31. The number of hydrogen-bond donors (Lipinski definition) is 1. The monoisotopic (exact) mass is 970 g/mol. The molecule has 0 bridgehead atoms. The first-order valence-electron chi connectivity index (χ1n) is 28.9. The molecule has 0 spiro atoms. The van der Waals surface area contributed by atoms with Crippen LogP contribution in [0.15, 0.2) is 18.2 Å². The van der Waals surface area contributed by atoms with E-state index in [1.165, 1.54) is 121 Å². The number of carbonyl (C=O) groups excluding carboxylic acids is 3. The van der Waals surface area contributed by atoms with E-state index in [0.717, 1.165) is 107 Å². The van der Waals surface area contributed by atoms with Gasteiger partial charge in [-0.25, -0.2) is 4.79 Å². The predicted octanol–water partition coefficient (Wildman–Crippen LogP) is 15.5. The molecule has 10 nitrogen and oxygen atoms in total. The van der Waals surface area contributed by atoms with Crippen molar-refractivity contribution in [2.24, 2.45) is 5.92 Å². The van der Waals surface area contributed by atoms with Gasteiger partial charge in [-0.1, -0.05) is 182 Å². The molecule has 69 heavy (non-hydrogen) atoms. The maximum absolute atomic E-state index is 13.3. The molecule has 1 aliphatic heterocycles. The first-order valence-corrected chi connectivity index (χ1v) is 28.9. The van der Waals surface area contributed by atoms with Crippen LogP contribution < -0.4 is 5.32 Å². The Labute approximate surface area is 423 Å². The minimum atomic E-state index is -0.413. The Kier molecular flexibility index (Phi) is 39.9. The average molecular weight is 970 g/mol. The number of esters is 2. The second-order valence-electron chi connectivity index (χ2n) is 20.2. The normalized spacial score (nSPS) is 13.4. The standard InChI is InChI=1S/C59H105N2O8/c1-6-11-16-19-21-28-44-65-58(66-45-29-22-20-17-12-7-2)39-38-57(63)68-50-54-47-52(34-30-33-51(31-23-14-9-4)32-24-15-10-5)46-53(48-54)49-67-56(62)37-36-55(35-25-18-13-8-3)69-59(64)60-40-43-61-41-26-27-42-61/h9,46-48,51,55,58H,6-8,10-45,49-50H2,1-5H3,(H,60,64). The first-order chi connectivity index (χ1) is 33.8. The van der Waals surface area contributed by atoms with Gasteiger partial charge in [0.1, 0.15) is 19.3 Å². The van der Waals surface area contributed by atoms with Crippen LogP contribution in [0, 0.1) is 12.3 Å². The van der Waals surface area contributed by atoms with Crippen LogP contribution >= 0.6 is 0 Å². The number of unbranched alkanes of at least 4 members (excludes halogenated alkanes) is 17. The van der Waals surface area contributed by atoms with E-state index in [2.05, 4.69) is 63.4 Å². The summed E-state index contributed by atoms with van der Waals surface area (Å²) in [4.78, 5) is 41.7. The van der Waals surface area contributed by atoms with Gasteiger partial charge in [-0.2, -0.15) is 0 Å². The molecule has 1 aliphatic rings. The third-order valence-corrected chi connectivity index (χ3v) is 13.7. The quantitative estimate of drug-likeness (QED) is 0.0295. The molecular formula is C59H105N2O8. The van der Waals surface area contributed by atoms with Crippen LogP contribution in [0.2, 0.25) is 0 Å². The van der Waals surface area contributed by atoms with Crippen molar-refractivity contribution in [3.05, 3.63) is 41.3 Å². The summed E-state index contributed by atoms with van der Waals surface area (Å²) in [6.07, 6.45) is 36.2. The van der Waals surface area contributed by atoms with Gasteiger partial charge in [-0.3, -0.25) is 9.59 Å². The van der Waals surface area contributed by atoms with Crippen LogP contribution in [0.5, 0.6) is 0 Å². The number of nitrogens with one attached hydrogen (secondary N) is 1. The smallest absolute Gasteiger partial charge is 0.407 e. The fraction of sp³-hybridized carbons (Fsp3) is 0.831. The second-order valence-corrected chi connectivity index (χ2v) is 20.2. The molecule has 399 valence electrons. The van der Waals surface area contributed by atoms with Gasteiger partial charge in [-0.15, -0.1) is 0 Å². The maximum Gasteiger partial charge on any atom is 0.407 e. The summed E-state index contributed by atoms with van der Waals surface area (Å²) in [5, 5.41) is 2.93. The van der Waals surface area contributed by atoms with E-state index in [9.17, 15) is 14.4 Å². The second kappa shape index (κ2) is 44.0. The lowest BCUT2D eigenvalue weighted by Gasteiger charge is -2.19. The summed E-state index contributed by atoms with van der Waals surface area (Å²) in [6.45, 7) is 16.2. The van der Waals surface area contributed by atoms with Gasteiger partial charge < -0.3 is 33.9 Å². The van der Waals surface area contributed by atoms with Crippen LogP contribution in [0.3, 0.4) is 0 Å². The molecule has 1 aromatic rings. The molecule has 2 unspecified atom stereocenters. The van der Waals surface area contributed by atoms with Crippen molar-refractivity contribution in [1.29, 1.82) is 0 Å². The van der Waals surface area contributed by atoms with Crippen LogP contribution in [0.25, 0.3) is 0 Å². The molecule has 1 aromatic carbocycles. The highest BCUT2D eigenvalue weighted by Crippen LogP contribution is 2.25. The number of likely N-dealkylation sites (tertiary alicyclic amines) is 1. The topological polar surface area (TPSA) is 113 Å². The summed E-state index contributed by atoms with van der Waals surface area (Å²) < 4.78 is 30.1. The van der Waals surface area contributed by atoms with E-state index < -0.39 is 12.4 Å². The van der Waals surface area contributed by atoms with E-state index in [1.54, 1.807) is 0 Å². The van der Waals surface area contributed by atoms with Crippen LogP contribution in [0.1, 0.15) is 257 Å². The van der Waals surface area contributed by atoms with E-state index in [0.29, 0.717) is 32.6 Å². The Morgan fingerprint density at radius 2 is 1.07 bits per heavy atom. The third-order valence-electron chi connectivity index (χ3n) is 13.7. The summed E-state index contributed by atoms with van der Waals surface area (Å²) in [5.74, 6) is 0.154. The van der Waals surface area contributed by atoms with Crippen LogP contribution in [-0.2, 0) is 52.9 Å². The van der Waals surface area contributed by atoms with Crippen molar-refractivity contribution < 1.29 is 38.1 Å². The summed E-state index contributed by atoms with van der Waals surface area (Å²) in [7, 11) is 0. The molecule has 0 saturated carbocycles. The number of carbonyl (C=O) groups is 3. The Balaban J connectivity index is 2.06. The van der Waals surface area contributed by atoms with E-state index in [-0.39, 0.29) is 44.1 Å². The fourth-order valence-electron chi connectivity index (χ4n) is 9.44. The average Bonchev–Trinajstić information content (AvgIpc) is 3.87. The van der Waals surface area contributed by atoms with Crippen LogP contribution in [-0.4, -0.2) is 74.7 Å². The molecule has 1 radical (unpaired) electrons. The number of ether oxygens (including phenoxy) is 5. The van der Waals surface area contributed by atoms with Gasteiger partial charge in [0.15, 0.2) is 6.29 Å². The molecule has 1 amide bonds. The van der Waals surface area contributed by atoms with Crippen molar-refractivity contribution in [1.82, 2.24) is 10.2 Å². The molecule has 2 rings (SSSR count). The maximum atomic E-state index is 13.3. The first kappa shape index (κ1) is 62.4. The Morgan fingerprint density at radius 1 is 0.580 bits per heavy atom. The SMILES string of the molecule is C[CH]CCCC(CCCCC)CCCc1cc(COC(=O)CCC(CCCCCC)OC(=O)NCCN2CCCC2)cc(COC(=O)CCC(OCCCCCCCC)OCCCCCCCC)c1. The van der Waals surface area contributed by atoms with E-state index >= 15 is 0 Å². The summed E-state index contributed by atoms with van der Waals surface area (Å²) >= 11 is 0. The number of alkyl carbamates (subject to hydrolysis) is 1. The lowest BCUT2D eigenvalue weighted by Crippen LogP contribution is -2.35. The molecule has 1 N–H and O–H groups in total. The highest BCUT2D eigenvalue weighted by molar-refractivity contribution is 5.70. The molecular weight excluding hydrogens is 865 g/mol. The van der Waals surface area contributed by atoms with Gasteiger partial charge in [0.05, 0.1) is 6.42 Å². The number of benzene rings is 1. The Hall–Kier alpha value is -2.69. The molecule has 10 heteroatoms. The van der Waals surface area contributed by atoms with Gasteiger partial charge in [0.2, 0.25) is 0 Å². The number of nitrogens with zero attached hydrogens (tertiary/aromatic N) is 1. The molecule has 1 fully saturated rings. The van der Waals surface area contributed by atoms with Crippen molar-refractivity contribution in [2.75, 3.05) is 39.4 Å². The van der Waals surface area contributed by atoms with Crippen molar-refractivity contribution in [3.63, 3.8) is 0 Å². The minimum Gasteiger partial charge on any atom is -0.461 e. The molecule has 0 aliphatic carbocycles. The van der Waals surface area contributed by atoms with Gasteiger partial charge in [0, 0.05) is 39.1 Å². The van der Waals surface area contributed by atoms with Crippen molar-refractivity contribution in [3.8, 4) is 0 Å². The number of hydrogen-bond acceptors (Lipinski definition) is 9. The highest BCUT2D eigenvalue weighted by Gasteiger charge is 2.19. The zero-order chi connectivity index (χ0) is 49.8. The highest BCUT2D eigenvalue weighted by atomic mass is 16.7. The lowest BCUT2D eigenvalue weighted by atomic mass is 9.89. The predicted molar refractivity (Wildman–Crippen MR) is 284 cm³/mol. The minimum absolute atomic E-state index is 0.132. The van der Waals surface area contributed by atoms with Crippen molar-refractivity contribution in [2.45, 2.75) is 272 Å². The Morgan fingerprint density at radius 3 is 1.67 bits per heavy atom. The molecule has 2 atom stereocenters. The van der Waals surface area contributed by atoms with E-state index in [4.69, 9.17) is 23.7 Å². The molecule has 1 heterocycles. The molecule has 1 saturated heterocycles. The lowest BCUT2D eigenvalue weighted by molar-refractivity contribution is -0.160. The zero-order valence-electron chi connectivity index (χ0n) is 45.2.